The molecular formula is C21H23F3. The summed E-state index contributed by atoms with van der Waals surface area (Å²) in [5.74, 6) is -1.20. The first-order valence-electron chi connectivity index (χ1n) is 9.12. The number of halogens is 3. The van der Waals surface area contributed by atoms with Gasteiger partial charge in [0, 0.05) is 5.39 Å². The first-order chi connectivity index (χ1) is 11.5. The summed E-state index contributed by atoms with van der Waals surface area (Å²) < 4.78 is 41.2. The van der Waals surface area contributed by atoms with Crippen molar-refractivity contribution < 1.29 is 13.2 Å². The molecule has 1 fully saturated rings. The lowest BCUT2D eigenvalue weighted by molar-refractivity contribution is 0.197. The fraction of sp³-hybridized carbons (Fsp3) is 0.524. The van der Waals surface area contributed by atoms with Crippen LogP contribution >= 0.6 is 0 Å². The van der Waals surface area contributed by atoms with E-state index in [2.05, 4.69) is 6.92 Å². The highest BCUT2D eigenvalue weighted by atomic mass is 19.2. The zero-order chi connectivity index (χ0) is 16.8. The second-order valence-electron chi connectivity index (χ2n) is 7.81. The van der Waals surface area contributed by atoms with Gasteiger partial charge in [0.2, 0.25) is 0 Å². The van der Waals surface area contributed by atoms with Crippen LogP contribution in [-0.2, 0) is 12.8 Å². The van der Waals surface area contributed by atoms with E-state index in [0.717, 1.165) is 36.7 Å². The molecule has 1 saturated carbocycles. The molecule has 0 radical (unpaired) electrons. The molecule has 0 bridgehead atoms. The van der Waals surface area contributed by atoms with Crippen molar-refractivity contribution in [1.29, 1.82) is 0 Å². The standard InChI is InChI=1S/C21H23F3/c1-12-2-4-13(5-3-12)14-6-8-16-15(10-14)7-9-17-18(16)11-19(22)21(24)20(17)23/h7,9,11-14H,2-6,8,10H2,1H3. The quantitative estimate of drug-likeness (QED) is 0.546. The predicted molar refractivity (Wildman–Crippen MR) is 90.5 cm³/mol. The molecule has 128 valence electrons. The zero-order valence-corrected chi connectivity index (χ0v) is 14.0. The maximum absolute atomic E-state index is 14.0. The summed E-state index contributed by atoms with van der Waals surface area (Å²) in [7, 11) is 0. The number of aryl methyl sites for hydroxylation is 1. The zero-order valence-electron chi connectivity index (χ0n) is 14.0. The molecule has 2 aromatic rings. The monoisotopic (exact) mass is 332 g/mol. The van der Waals surface area contributed by atoms with Crippen LogP contribution in [0.15, 0.2) is 18.2 Å². The number of fused-ring (bicyclic) bond motifs is 3. The third kappa shape index (κ3) is 2.62. The van der Waals surface area contributed by atoms with Crippen molar-refractivity contribution in [2.45, 2.75) is 51.9 Å². The summed E-state index contributed by atoms with van der Waals surface area (Å²) in [6, 6.07) is 4.72. The molecule has 4 rings (SSSR count). The maximum atomic E-state index is 14.0. The number of hydrogen-bond donors (Lipinski definition) is 0. The Morgan fingerprint density at radius 2 is 1.58 bits per heavy atom. The summed E-state index contributed by atoms with van der Waals surface area (Å²) in [6.07, 6.45) is 8.17. The molecule has 1 atom stereocenters. The first-order valence-corrected chi connectivity index (χ1v) is 9.12. The van der Waals surface area contributed by atoms with Crippen molar-refractivity contribution in [3.63, 3.8) is 0 Å². The fourth-order valence-electron chi connectivity index (χ4n) is 4.84. The van der Waals surface area contributed by atoms with Crippen LogP contribution in [0.4, 0.5) is 13.2 Å². The molecule has 2 aliphatic rings. The van der Waals surface area contributed by atoms with E-state index in [0.29, 0.717) is 11.3 Å². The lowest BCUT2D eigenvalue weighted by atomic mass is 9.69. The topological polar surface area (TPSA) is 0 Å². The van der Waals surface area contributed by atoms with Crippen molar-refractivity contribution in [2.75, 3.05) is 0 Å². The second-order valence-corrected chi connectivity index (χ2v) is 7.81. The minimum absolute atomic E-state index is 0.206. The third-order valence-corrected chi connectivity index (χ3v) is 6.34. The summed E-state index contributed by atoms with van der Waals surface area (Å²) in [5, 5.41) is 0.761. The molecule has 2 aliphatic carbocycles. The average molecular weight is 332 g/mol. The highest BCUT2D eigenvalue weighted by molar-refractivity contribution is 5.87. The summed E-state index contributed by atoms with van der Waals surface area (Å²) >= 11 is 0. The Hall–Kier alpha value is -1.51. The summed E-state index contributed by atoms with van der Waals surface area (Å²) in [4.78, 5) is 0. The van der Waals surface area contributed by atoms with Gasteiger partial charge in [-0.05, 0) is 72.4 Å². The van der Waals surface area contributed by atoms with Crippen LogP contribution in [-0.4, -0.2) is 0 Å². The van der Waals surface area contributed by atoms with Crippen molar-refractivity contribution in [3.8, 4) is 0 Å². The molecule has 0 amide bonds. The second kappa shape index (κ2) is 6.09. The van der Waals surface area contributed by atoms with Crippen molar-refractivity contribution in [2.24, 2.45) is 17.8 Å². The smallest absolute Gasteiger partial charge is 0.195 e. The van der Waals surface area contributed by atoms with Gasteiger partial charge in [-0.1, -0.05) is 31.9 Å². The number of hydrogen-bond acceptors (Lipinski definition) is 0. The lowest BCUT2D eigenvalue weighted by Gasteiger charge is -2.36. The summed E-state index contributed by atoms with van der Waals surface area (Å²) in [6.45, 7) is 2.33. The van der Waals surface area contributed by atoms with Crippen LogP contribution < -0.4 is 0 Å². The largest absolute Gasteiger partial charge is 0.204 e. The minimum Gasteiger partial charge on any atom is -0.204 e. The van der Waals surface area contributed by atoms with Gasteiger partial charge in [0.15, 0.2) is 17.5 Å². The molecule has 3 heteroatoms. The normalized spacial score (nSPS) is 27.2. The Kier molecular flexibility index (Phi) is 4.06. The molecule has 0 nitrogen and oxygen atoms in total. The van der Waals surface area contributed by atoms with Gasteiger partial charge in [-0.2, -0.15) is 0 Å². The highest BCUT2D eigenvalue weighted by Crippen LogP contribution is 2.41. The van der Waals surface area contributed by atoms with E-state index in [9.17, 15) is 13.2 Å². The van der Waals surface area contributed by atoms with Crippen LogP contribution in [0.3, 0.4) is 0 Å². The Labute approximate surface area is 141 Å². The van der Waals surface area contributed by atoms with Gasteiger partial charge in [0.1, 0.15) is 0 Å². The first kappa shape index (κ1) is 16.0. The lowest BCUT2D eigenvalue weighted by Crippen LogP contribution is -2.26. The molecule has 0 N–H and O–H groups in total. The van der Waals surface area contributed by atoms with E-state index in [1.807, 2.05) is 6.07 Å². The van der Waals surface area contributed by atoms with Crippen molar-refractivity contribution in [1.82, 2.24) is 0 Å². The molecule has 0 aromatic heterocycles. The average Bonchev–Trinajstić information content (AvgIpc) is 2.60. The molecule has 0 heterocycles. The molecular weight excluding hydrogens is 309 g/mol. The van der Waals surface area contributed by atoms with Gasteiger partial charge in [0.25, 0.3) is 0 Å². The number of benzene rings is 2. The van der Waals surface area contributed by atoms with Crippen molar-refractivity contribution >= 4 is 10.8 Å². The molecule has 0 saturated heterocycles. The molecule has 24 heavy (non-hydrogen) atoms. The predicted octanol–water partition coefficient (Wildman–Crippen LogP) is 6.19. The van der Waals surface area contributed by atoms with Crippen LogP contribution in [0.2, 0.25) is 0 Å². The van der Waals surface area contributed by atoms with Gasteiger partial charge in [-0.25, -0.2) is 13.2 Å². The van der Waals surface area contributed by atoms with E-state index < -0.39 is 17.5 Å². The molecule has 2 aromatic carbocycles. The number of rotatable bonds is 1. The van der Waals surface area contributed by atoms with E-state index >= 15 is 0 Å². The Bertz CT molecular complexity index is 772. The van der Waals surface area contributed by atoms with Crippen molar-refractivity contribution in [3.05, 3.63) is 46.8 Å². The van der Waals surface area contributed by atoms with Gasteiger partial charge in [-0.3, -0.25) is 0 Å². The highest BCUT2D eigenvalue weighted by Gasteiger charge is 2.30. The van der Waals surface area contributed by atoms with Crippen LogP contribution in [0.1, 0.15) is 50.2 Å². The Morgan fingerprint density at radius 1 is 0.833 bits per heavy atom. The van der Waals surface area contributed by atoms with Gasteiger partial charge in [0.05, 0.1) is 0 Å². The molecule has 1 unspecified atom stereocenters. The molecule has 0 spiro atoms. The van der Waals surface area contributed by atoms with Gasteiger partial charge in [-0.15, -0.1) is 0 Å². The van der Waals surface area contributed by atoms with Crippen LogP contribution in [0.5, 0.6) is 0 Å². The van der Waals surface area contributed by atoms with Gasteiger partial charge < -0.3 is 0 Å². The van der Waals surface area contributed by atoms with E-state index in [1.165, 1.54) is 37.3 Å². The minimum atomic E-state index is -1.37. The fourth-order valence-corrected chi connectivity index (χ4v) is 4.84. The van der Waals surface area contributed by atoms with Crippen LogP contribution in [0, 0.1) is 35.2 Å². The summed E-state index contributed by atoms with van der Waals surface area (Å²) in [5.41, 5.74) is 2.22. The maximum Gasteiger partial charge on any atom is 0.195 e. The SMILES string of the molecule is CC1CCC(C2CCc3c(ccc4c(F)c(F)c(F)cc34)C2)CC1. The molecule has 0 aliphatic heterocycles. The third-order valence-electron chi connectivity index (χ3n) is 6.34. The van der Waals surface area contributed by atoms with Crippen LogP contribution in [0.25, 0.3) is 10.8 Å². The Morgan fingerprint density at radius 3 is 2.33 bits per heavy atom. The van der Waals surface area contributed by atoms with E-state index in [-0.39, 0.29) is 5.39 Å². The van der Waals surface area contributed by atoms with E-state index in [4.69, 9.17) is 0 Å². The Balaban J connectivity index is 1.66. The van der Waals surface area contributed by atoms with E-state index in [1.54, 1.807) is 6.07 Å². The van der Waals surface area contributed by atoms with Gasteiger partial charge >= 0.3 is 0 Å².